The van der Waals surface area contributed by atoms with Crippen molar-refractivity contribution in [3.8, 4) is 0 Å². The van der Waals surface area contributed by atoms with Crippen LogP contribution in [0.1, 0.15) is 83.5 Å². The van der Waals surface area contributed by atoms with Crippen molar-refractivity contribution in [3.63, 3.8) is 0 Å². The zero-order valence-corrected chi connectivity index (χ0v) is 31.5. The maximum Gasteiger partial charge on any atom is 0.308 e. The Morgan fingerprint density at radius 3 is 2.09 bits per heavy atom. The highest BCUT2D eigenvalue weighted by atomic mass is 32.2. The molecule has 5 aliphatic carbocycles. The minimum Gasteiger partial charge on any atom is -0.481 e. The van der Waals surface area contributed by atoms with Crippen LogP contribution in [0.4, 0.5) is 0 Å². The van der Waals surface area contributed by atoms with Gasteiger partial charge in [-0.1, -0.05) is 43.6 Å². The lowest BCUT2D eigenvalue weighted by atomic mass is 9.65. The Bertz CT molecular complexity index is 1510. The van der Waals surface area contributed by atoms with Gasteiger partial charge in [-0.25, -0.2) is 5.26 Å². The second kappa shape index (κ2) is 17.5. The molecule has 1 heterocycles. The number of nitrogens with zero attached hydrogens (tertiary/aromatic N) is 2. The molecule has 0 aromatic rings. The van der Waals surface area contributed by atoms with Gasteiger partial charge in [0.05, 0.1) is 23.3 Å². The lowest BCUT2D eigenvalue weighted by Gasteiger charge is -2.51. The van der Waals surface area contributed by atoms with Crippen LogP contribution >= 0.6 is 12.0 Å². The molecule has 5 saturated carbocycles. The summed E-state index contributed by atoms with van der Waals surface area (Å²) in [5.74, 6) is -2.95. The van der Waals surface area contributed by atoms with Crippen molar-refractivity contribution in [2.75, 3.05) is 0 Å². The molecule has 20 nitrogen and oxygen atoms in total. The highest BCUT2D eigenvalue weighted by Crippen LogP contribution is 2.47. The van der Waals surface area contributed by atoms with Crippen molar-refractivity contribution < 1.29 is 60.7 Å². The first kappa shape index (κ1) is 41.5. The molecular formula is C30H53N7O13S3. The molecule has 16 unspecified atom stereocenters. The fourth-order valence-corrected chi connectivity index (χ4v) is 13.1. The van der Waals surface area contributed by atoms with Crippen LogP contribution in [0.15, 0.2) is 10.2 Å². The Morgan fingerprint density at radius 1 is 0.755 bits per heavy atom. The van der Waals surface area contributed by atoms with Gasteiger partial charge in [-0.2, -0.15) is 27.1 Å². The topological polar surface area (TPSA) is 310 Å². The van der Waals surface area contributed by atoms with E-state index >= 15 is 0 Å². The number of fused-ring (bicyclic) bond motifs is 2. The third-order valence-electron chi connectivity index (χ3n) is 12.5. The number of carboxylic acid groups (broad SMARTS) is 1. The van der Waals surface area contributed by atoms with Gasteiger partial charge in [-0.3, -0.25) is 40.5 Å². The maximum absolute atomic E-state index is 12.7. The smallest absolute Gasteiger partial charge is 0.308 e. The number of rotatable bonds is 12. The predicted octanol–water partition coefficient (Wildman–Crippen LogP) is 0.334. The van der Waals surface area contributed by atoms with E-state index in [1.54, 1.807) is 0 Å². The Morgan fingerprint density at radius 2 is 1.43 bits per heavy atom. The Kier molecular flexibility index (Phi) is 13.7. The molecule has 6 fully saturated rings. The van der Waals surface area contributed by atoms with Gasteiger partial charge >= 0.3 is 5.97 Å². The summed E-state index contributed by atoms with van der Waals surface area (Å²) in [5, 5.41) is 66.6. The molecule has 6 aliphatic rings. The van der Waals surface area contributed by atoms with E-state index in [2.05, 4.69) is 41.9 Å². The quantitative estimate of drug-likeness (QED) is 0.0416. The molecule has 11 N–H and O–H groups in total. The molecule has 23 heteroatoms. The summed E-state index contributed by atoms with van der Waals surface area (Å²) in [6.45, 7) is 0. The molecule has 0 aromatic carbocycles. The van der Waals surface area contributed by atoms with Crippen molar-refractivity contribution in [1.29, 1.82) is 0 Å². The number of carbonyl (C=O) groups is 1. The molecule has 1 saturated heterocycles. The minimum atomic E-state index is -4.85. The number of aliphatic hydroxyl groups excluding tert-OH is 2. The number of hydrogen-bond donors (Lipinski definition) is 11. The molecule has 16 atom stereocenters. The Labute approximate surface area is 312 Å². The van der Waals surface area contributed by atoms with Gasteiger partial charge in [-0.05, 0) is 62.7 Å². The number of aliphatic hydroxyl groups is 2. The second-order valence-electron chi connectivity index (χ2n) is 15.5. The SMILES string of the molecule is O=C(O)C1CCCCC1N=NC1C(O)C2C(CC(S(=O)(=O)O)CC2NC2NC(O)NC(NC3CCCC4CCCC(SOOO)C43)N2)CC1S(=O)(=O)O. The number of nitrogens with one attached hydrogen (secondary N) is 5. The van der Waals surface area contributed by atoms with E-state index in [-0.39, 0.29) is 36.5 Å². The zero-order valence-electron chi connectivity index (χ0n) is 29.1. The third-order valence-corrected chi connectivity index (χ3v) is 15.9. The van der Waals surface area contributed by atoms with Crippen molar-refractivity contribution in [2.24, 2.45) is 39.8 Å². The molecule has 53 heavy (non-hydrogen) atoms. The van der Waals surface area contributed by atoms with Crippen LogP contribution in [0, 0.1) is 29.6 Å². The molecular weight excluding hydrogens is 763 g/mol. The van der Waals surface area contributed by atoms with Crippen LogP contribution in [-0.2, 0) is 34.4 Å². The average Bonchev–Trinajstić information content (AvgIpc) is 3.09. The van der Waals surface area contributed by atoms with Crippen LogP contribution in [0.2, 0.25) is 0 Å². The summed E-state index contributed by atoms with van der Waals surface area (Å²) in [7, 11) is -9.47. The summed E-state index contributed by atoms with van der Waals surface area (Å²) >= 11 is 1.09. The highest BCUT2D eigenvalue weighted by Gasteiger charge is 2.56. The Balaban J connectivity index is 1.22. The summed E-state index contributed by atoms with van der Waals surface area (Å²) in [6.07, 6.45) is 2.97. The summed E-state index contributed by atoms with van der Waals surface area (Å²) in [5.41, 5.74) is 0. The number of aliphatic carboxylic acids is 1. The van der Waals surface area contributed by atoms with Crippen molar-refractivity contribution in [2.45, 2.75) is 148 Å². The van der Waals surface area contributed by atoms with Crippen LogP contribution in [0.25, 0.3) is 0 Å². The van der Waals surface area contributed by atoms with E-state index in [9.17, 15) is 46.1 Å². The molecule has 0 spiro atoms. The second-order valence-corrected chi connectivity index (χ2v) is 19.8. The molecule has 0 amide bonds. The van der Waals surface area contributed by atoms with Gasteiger partial charge in [0, 0.05) is 35.3 Å². The van der Waals surface area contributed by atoms with Crippen molar-refractivity contribution >= 4 is 38.2 Å². The van der Waals surface area contributed by atoms with Gasteiger partial charge in [0.15, 0.2) is 6.35 Å². The van der Waals surface area contributed by atoms with Gasteiger partial charge in [0.25, 0.3) is 20.2 Å². The molecule has 0 bridgehead atoms. The molecule has 304 valence electrons. The Hall–Kier alpha value is -1.16. The van der Waals surface area contributed by atoms with E-state index in [1.165, 1.54) is 0 Å². The molecule has 1 aliphatic heterocycles. The third kappa shape index (κ3) is 9.87. The summed E-state index contributed by atoms with van der Waals surface area (Å²) in [6, 6.07) is -3.13. The molecule has 6 rings (SSSR count). The molecule has 0 aromatic heterocycles. The van der Waals surface area contributed by atoms with Crippen LogP contribution in [0.3, 0.4) is 0 Å². The van der Waals surface area contributed by atoms with E-state index < -0.39 is 97.6 Å². The number of hydrogen-bond acceptors (Lipinski definition) is 18. The van der Waals surface area contributed by atoms with Crippen molar-refractivity contribution in [3.05, 3.63) is 0 Å². The zero-order chi connectivity index (χ0) is 38.1. The monoisotopic (exact) mass is 815 g/mol. The average molecular weight is 816 g/mol. The van der Waals surface area contributed by atoms with Gasteiger partial charge in [-0.15, -0.1) is 4.33 Å². The van der Waals surface area contributed by atoms with Crippen LogP contribution in [-0.4, -0.2) is 117 Å². The first-order valence-corrected chi connectivity index (χ1v) is 22.3. The molecule has 0 radical (unpaired) electrons. The predicted molar refractivity (Wildman–Crippen MR) is 187 cm³/mol. The lowest BCUT2D eigenvalue weighted by Crippen LogP contribution is -2.77. The van der Waals surface area contributed by atoms with E-state index in [0.29, 0.717) is 31.6 Å². The first-order chi connectivity index (χ1) is 25.1. The van der Waals surface area contributed by atoms with Crippen LogP contribution < -0.4 is 26.6 Å². The van der Waals surface area contributed by atoms with E-state index in [0.717, 1.165) is 50.6 Å². The summed E-state index contributed by atoms with van der Waals surface area (Å²) in [4.78, 5) is 11.9. The minimum absolute atomic E-state index is 0.0127. The highest BCUT2D eigenvalue weighted by molar-refractivity contribution is 7.95. The van der Waals surface area contributed by atoms with Crippen molar-refractivity contribution in [1.82, 2.24) is 26.6 Å². The van der Waals surface area contributed by atoms with Gasteiger partial charge in [0.1, 0.15) is 23.9 Å². The largest absolute Gasteiger partial charge is 0.481 e. The number of carboxylic acids is 1. The van der Waals surface area contributed by atoms with Gasteiger partial charge in [0.2, 0.25) is 0 Å². The number of azo groups is 1. The maximum atomic E-state index is 12.7. The fourth-order valence-electron chi connectivity index (χ4n) is 10.2. The van der Waals surface area contributed by atoms with E-state index in [1.807, 2.05) is 0 Å². The lowest BCUT2D eigenvalue weighted by molar-refractivity contribution is -0.432. The summed E-state index contributed by atoms with van der Waals surface area (Å²) < 4.78 is 75.7. The van der Waals surface area contributed by atoms with Crippen LogP contribution in [0.5, 0.6) is 0 Å². The van der Waals surface area contributed by atoms with E-state index in [4.69, 9.17) is 9.59 Å². The van der Waals surface area contributed by atoms with Gasteiger partial charge < -0.3 is 15.3 Å². The fraction of sp³-hybridized carbons (Fsp3) is 0.967. The first-order valence-electron chi connectivity index (χ1n) is 18.5. The standard InChI is InChI=1S/C30H53N7O13S3/c38-26-24-15(12-22(53(46,47)48)25(26)37-36-18-8-2-1-7-17(18)27(39)40)11-16(52(43,44)45)13-20(24)32-29-33-28(34-30(41)35-29)31-19-9-3-5-14-6-4-10-21(23(14)19)51-50-49-42/h14-26,28-35,38,41-42H,1-13H2,(H,39,40)(H,43,44,45)(H,46,47,48). The normalized spacial score (nSPS) is 44.2.